The molecule has 0 fully saturated rings. The number of thiazole rings is 1. The fourth-order valence-electron chi connectivity index (χ4n) is 2.71. The molecule has 1 amide bonds. The molecule has 3 rings (SSSR count). The lowest BCUT2D eigenvalue weighted by Gasteiger charge is -2.21. The number of anilines is 1. The van der Waals surface area contributed by atoms with Crippen molar-refractivity contribution in [1.29, 1.82) is 0 Å². The maximum absolute atomic E-state index is 12.4. The van der Waals surface area contributed by atoms with E-state index in [2.05, 4.69) is 23.3 Å². The van der Waals surface area contributed by atoms with Crippen LogP contribution in [0.25, 0.3) is 0 Å². The van der Waals surface area contributed by atoms with Crippen molar-refractivity contribution in [2.45, 2.75) is 32.6 Å². The highest BCUT2D eigenvalue weighted by Crippen LogP contribution is 2.28. The molecule has 0 bridgehead atoms. The molecule has 0 saturated heterocycles. The van der Waals surface area contributed by atoms with Gasteiger partial charge in [-0.1, -0.05) is 25.1 Å². The van der Waals surface area contributed by atoms with Gasteiger partial charge >= 0.3 is 0 Å². The Kier molecular flexibility index (Phi) is 3.83. The van der Waals surface area contributed by atoms with Crippen molar-refractivity contribution < 1.29 is 4.79 Å². The molecule has 2 aromatic rings. The fraction of sp³-hybridized carbons (Fsp3) is 0.375. The number of nitrogens with zero attached hydrogens (tertiary/aromatic N) is 1. The molecule has 0 radical (unpaired) electrons. The molecule has 1 unspecified atom stereocenters. The third-order valence-electron chi connectivity index (χ3n) is 3.91. The van der Waals surface area contributed by atoms with E-state index in [1.54, 1.807) is 11.3 Å². The lowest BCUT2D eigenvalue weighted by atomic mass is 9.90. The summed E-state index contributed by atoms with van der Waals surface area (Å²) in [5.74, 6) is 0.220. The molecule has 1 aromatic heterocycles. The molecule has 20 heavy (non-hydrogen) atoms. The Labute approximate surface area is 123 Å². The van der Waals surface area contributed by atoms with Crippen LogP contribution in [0.4, 0.5) is 5.69 Å². The topological polar surface area (TPSA) is 42.0 Å². The number of aromatic nitrogens is 1. The predicted molar refractivity (Wildman–Crippen MR) is 82.1 cm³/mol. The monoisotopic (exact) mass is 286 g/mol. The minimum absolute atomic E-state index is 0.0767. The van der Waals surface area contributed by atoms with Crippen LogP contribution in [0.5, 0.6) is 0 Å². The first-order chi connectivity index (χ1) is 9.78. The van der Waals surface area contributed by atoms with E-state index in [-0.39, 0.29) is 11.8 Å². The van der Waals surface area contributed by atoms with E-state index in [0.717, 1.165) is 31.4 Å². The maximum Gasteiger partial charge on any atom is 0.227 e. The number of carbonyl (C=O) groups is 1. The zero-order valence-electron chi connectivity index (χ0n) is 11.6. The van der Waals surface area contributed by atoms with Gasteiger partial charge in [-0.15, -0.1) is 11.3 Å². The summed E-state index contributed by atoms with van der Waals surface area (Å²) in [6, 6.07) is 8.03. The number of hydrogen-bond acceptors (Lipinski definition) is 3. The highest BCUT2D eigenvalue weighted by atomic mass is 32.1. The van der Waals surface area contributed by atoms with Gasteiger partial charge in [0, 0.05) is 16.5 Å². The Morgan fingerprint density at radius 1 is 1.45 bits per heavy atom. The van der Waals surface area contributed by atoms with Gasteiger partial charge in [-0.3, -0.25) is 4.79 Å². The van der Waals surface area contributed by atoms with Crippen LogP contribution in [0.15, 0.2) is 29.8 Å². The van der Waals surface area contributed by atoms with Crippen LogP contribution in [0, 0.1) is 5.92 Å². The SMILES string of the molecule is CCc1ccccc1NC(=O)C1CCc2ncsc2C1. The average Bonchev–Trinajstić information content (AvgIpc) is 2.95. The van der Waals surface area contributed by atoms with Crippen LogP contribution in [0.1, 0.15) is 29.5 Å². The minimum atomic E-state index is 0.0767. The Morgan fingerprint density at radius 3 is 3.15 bits per heavy atom. The van der Waals surface area contributed by atoms with Crippen LogP contribution in [-0.4, -0.2) is 10.9 Å². The summed E-state index contributed by atoms with van der Waals surface area (Å²) in [6.07, 6.45) is 3.59. The molecular weight excluding hydrogens is 268 g/mol. The van der Waals surface area contributed by atoms with E-state index in [1.807, 2.05) is 23.7 Å². The van der Waals surface area contributed by atoms with E-state index < -0.39 is 0 Å². The van der Waals surface area contributed by atoms with Gasteiger partial charge in [-0.2, -0.15) is 0 Å². The number of nitrogens with one attached hydrogen (secondary N) is 1. The van der Waals surface area contributed by atoms with Crippen LogP contribution in [0.2, 0.25) is 0 Å². The summed E-state index contributed by atoms with van der Waals surface area (Å²) in [6.45, 7) is 2.11. The lowest BCUT2D eigenvalue weighted by Crippen LogP contribution is -2.28. The summed E-state index contributed by atoms with van der Waals surface area (Å²) in [5.41, 5.74) is 5.22. The summed E-state index contributed by atoms with van der Waals surface area (Å²) in [4.78, 5) is 18.1. The highest BCUT2D eigenvalue weighted by Gasteiger charge is 2.26. The standard InChI is InChI=1S/C16H18N2OS/c1-2-11-5-3-4-6-13(11)18-16(19)12-7-8-14-15(9-12)20-10-17-14/h3-6,10,12H,2,7-9H2,1H3,(H,18,19). The molecule has 1 N–H and O–H groups in total. The summed E-state index contributed by atoms with van der Waals surface area (Å²) < 4.78 is 0. The van der Waals surface area contributed by atoms with E-state index in [9.17, 15) is 4.79 Å². The molecule has 1 aliphatic carbocycles. The summed E-state index contributed by atoms with van der Waals surface area (Å²) in [5, 5.41) is 3.10. The van der Waals surface area contributed by atoms with Crippen molar-refractivity contribution in [3.8, 4) is 0 Å². The Balaban J connectivity index is 1.71. The van der Waals surface area contributed by atoms with Gasteiger partial charge in [0.05, 0.1) is 11.2 Å². The molecular formula is C16H18N2OS. The molecule has 1 aromatic carbocycles. The van der Waals surface area contributed by atoms with Crippen molar-refractivity contribution in [2.24, 2.45) is 5.92 Å². The number of aryl methyl sites for hydroxylation is 2. The van der Waals surface area contributed by atoms with Gasteiger partial charge in [0.2, 0.25) is 5.91 Å². The Morgan fingerprint density at radius 2 is 2.30 bits per heavy atom. The van der Waals surface area contributed by atoms with E-state index >= 15 is 0 Å². The molecule has 3 nitrogen and oxygen atoms in total. The smallest absolute Gasteiger partial charge is 0.227 e. The first kappa shape index (κ1) is 13.3. The summed E-state index contributed by atoms with van der Waals surface area (Å²) in [7, 11) is 0. The second kappa shape index (κ2) is 5.75. The molecule has 0 saturated carbocycles. The Bertz CT molecular complexity index is 620. The van der Waals surface area contributed by atoms with Gasteiger partial charge in [0.15, 0.2) is 0 Å². The van der Waals surface area contributed by atoms with Crippen molar-refractivity contribution in [2.75, 3.05) is 5.32 Å². The van der Waals surface area contributed by atoms with E-state index in [0.29, 0.717) is 0 Å². The highest BCUT2D eigenvalue weighted by molar-refractivity contribution is 7.09. The number of amides is 1. The van der Waals surface area contributed by atoms with Gasteiger partial charge < -0.3 is 5.32 Å². The zero-order valence-corrected chi connectivity index (χ0v) is 12.4. The second-order valence-electron chi connectivity index (χ2n) is 5.16. The number of benzene rings is 1. The molecule has 1 atom stereocenters. The van der Waals surface area contributed by atoms with Gasteiger partial charge in [-0.05, 0) is 37.3 Å². The molecule has 0 aliphatic heterocycles. The lowest BCUT2D eigenvalue weighted by molar-refractivity contribution is -0.120. The summed E-state index contributed by atoms with van der Waals surface area (Å²) >= 11 is 1.67. The number of fused-ring (bicyclic) bond motifs is 1. The van der Waals surface area contributed by atoms with E-state index in [1.165, 1.54) is 16.1 Å². The van der Waals surface area contributed by atoms with Crippen LogP contribution >= 0.6 is 11.3 Å². The largest absolute Gasteiger partial charge is 0.326 e. The van der Waals surface area contributed by atoms with E-state index in [4.69, 9.17) is 0 Å². The maximum atomic E-state index is 12.4. The molecule has 104 valence electrons. The van der Waals surface area contributed by atoms with Gasteiger partial charge in [-0.25, -0.2) is 4.98 Å². The third kappa shape index (κ3) is 2.61. The molecule has 4 heteroatoms. The number of hydrogen-bond donors (Lipinski definition) is 1. The van der Waals surface area contributed by atoms with Crippen LogP contribution in [-0.2, 0) is 24.1 Å². The first-order valence-corrected chi connectivity index (χ1v) is 7.96. The first-order valence-electron chi connectivity index (χ1n) is 7.08. The second-order valence-corrected chi connectivity index (χ2v) is 6.10. The average molecular weight is 286 g/mol. The zero-order chi connectivity index (χ0) is 13.9. The number of rotatable bonds is 3. The van der Waals surface area contributed by atoms with Crippen molar-refractivity contribution >= 4 is 22.9 Å². The molecule has 1 heterocycles. The van der Waals surface area contributed by atoms with Gasteiger partial charge in [0.1, 0.15) is 0 Å². The van der Waals surface area contributed by atoms with Crippen molar-refractivity contribution in [1.82, 2.24) is 4.98 Å². The minimum Gasteiger partial charge on any atom is -0.326 e. The van der Waals surface area contributed by atoms with Crippen molar-refractivity contribution in [3.63, 3.8) is 0 Å². The molecule has 1 aliphatic rings. The number of para-hydroxylation sites is 1. The quantitative estimate of drug-likeness (QED) is 0.939. The van der Waals surface area contributed by atoms with Gasteiger partial charge in [0.25, 0.3) is 0 Å². The third-order valence-corrected chi connectivity index (χ3v) is 4.81. The fourth-order valence-corrected chi connectivity index (χ4v) is 3.60. The normalized spacial score (nSPS) is 17.6. The Hall–Kier alpha value is -1.68. The molecule has 0 spiro atoms. The predicted octanol–water partition coefficient (Wildman–Crippen LogP) is 3.45. The van der Waals surface area contributed by atoms with Crippen molar-refractivity contribution in [3.05, 3.63) is 45.9 Å². The van der Waals surface area contributed by atoms with Crippen LogP contribution in [0.3, 0.4) is 0 Å². The number of carbonyl (C=O) groups excluding carboxylic acids is 1. The van der Waals surface area contributed by atoms with Crippen LogP contribution < -0.4 is 5.32 Å².